The maximum absolute atomic E-state index is 13.6. The Labute approximate surface area is 193 Å². The molecule has 9 heteroatoms. The third-order valence-corrected chi connectivity index (χ3v) is 6.09. The van der Waals surface area contributed by atoms with Gasteiger partial charge in [-0.1, -0.05) is 35.5 Å². The minimum atomic E-state index is -0.770. The number of nitrogens with zero attached hydrogens (tertiary/aromatic N) is 4. The van der Waals surface area contributed by atoms with Crippen molar-refractivity contribution in [1.29, 1.82) is 0 Å². The van der Waals surface area contributed by atoms with Gasteiger partial charge in [0.1, 0.15) is 18.0 Å². The zero-order chi connectivity index (χ0) is 23.5. The van der Waals surface area contributed by atoms with E-state index in [4.69, 9.17) is 0 Å². The van der Waals surface area contributed by atoms with Gasteiger partial charge in [0, 0.05) is 32.2 Å². The van der Waals surface area contributed by atoms with E-state index in [0.717, 1.165) is 22.0 Å². The second-order valence-electron chi connectivity index (χ2n) is 8.29. The van der Waals surface area contributed by atoms with Gasteiger partial charge in [-0.3, -0.25) is 14.8 Å². The van der Waals surface area contributed by atoms with E-state index in [0.29, 0.717) is 13.1 Å². The van der Waals surface area contributed by atoms with Gasteiger partial charge in [-0.15, -0.1) is 6.58 Å². The molecule has 2 fully saturated rings. The largest absolute Gasteiger partial charge is 0.508 e. The molecule has 174 valence electrons. The third-order valence-electron chi connectivity index (χ3n) is 6.09. The van der Waals surface area contributed by atoms with Crippen LogP contribution < -0.4 is 5.32 Å². The van der Waals surface area contributed by atoms with Gasteiger partial charge < -0.3 is 20.2 Å². The highest BCUT2D eigenvalue weighted by Gasteiger charge is 2.49. The van der Waals surface area contributed by atoms with Crippen LogP contribution in [0.25, 0.3) is 0 Å². The Kier molecular flexibility index (Phi) is 6.64. The van der Waals surface area contributed by atoms with Gasteiger partial charge >= 0.3 is 0 Å². The lowest BCUT2D eigenvalue weighted by molar-refractivity contribution is -0.316. The molecule has 2 heterocycles. The molecule has 0 saturated carbocycles. The first-order valence-corrected chi connectivity index (χ1v) is 10.9. The quantitative estimate of drug-likeness (QED) is 0.551. The number of hydroxylamine groups is 1. The minimum Gasteiger partial charge on any atom is -0.508 e. The van der Waals surface area contributed by atoms with E-state index in [2.05, 4.69) is 11.9 Å². The summed E-state index contributed by atoms with van der Waals surface area (Å²) in [6, 6.07) is 13.6. The SMILES string of the molecule is C=CCN1CC(=O)N2[C@@H](Cc3ccc(O)cc3)C(=O)N(Cc3cccc(NC)c3)C[C@@H]2N1O. The smallest absolute Gasteiger partial charge is 0.246 e. The molecule has 2 atom stereocenters. The van der Waals surface area contributed by atoms with E-state index in [9.17, 15) is 19.9 Å². The van der Waals surface area contributed by atoms with Crippen LogP contribution in [0.1, 0.15) is 11.1 Å². The number of anilines is 1. The van der Waals surface area contributed by atoms with Crippen LogP contribution >= 0.6 is 0 Å². The normalized spacial score (nSPS) is 21.8. The number of phenolic OH excluding ortho intramolecular Hbond substituents is 1. The Balaban J connectivity index is 1.66. The molecule has 2 aromatic rings. The average Bonchev–Trinajstić information content (AvgIpc) is 2.81. The molecule has 0 bridgehead atoms. The summed E-state index contributed by atoms with van der Waals surface area (Å²) < 4.78 is 0. The van der Waals surface area contributed by atoms with Crippen LogP contribution in [0.2, 0.25) is 0 Å². The van der Waals surface area contributed by atoms with Crippen molar-refractivity contribution >= 4 is 17.5 Å². The number of hydrogen-bond donors (Lipinski definition) is 3. The van der Waals surface area contributed by atoms with E-state index in [1.165, 1.54) is 9.91 Å². The molecule has 0 aliphatic carbocycles. The van der Waals surface area contributed by atoms with Gasteiger partial charge in [-0.05, 0) is 35.4 Å². The number of phenols is 1. The lowest BCUT2D eigenvalue weighted by atomic mass is 9.98. The van der Waals surface area contributed by atoms with E-state index < -0.39 is 12.2 Å². The summed E-state index contributed by atoms with van der Waals surface area (Å²) in [5.41, 5.74) is 2.70. The monoisotopic (exact) mass is 451 g/mol. The molecule has 0 aromatic heterocycles. The second-order valence-corrected chi connectivity index (χ2v) is 8.29. The zero-order valence-electron chi connectivity index (χ0n) is 18.6. The van der Waals surface area contributed by atoms with Gasteiger partial charge in [-0.25, -0.2) is 5.01 Å². The Morgan fingerprint density at radius 1 is 1.15 bits per heavy atom. The number of amides is 2. The van der Waals surface area contributed by atoms with Gasteiger partial charge in [0.05, 0.1) is 13.1 Å². The summed E-state index contributed by atoms with van der Waals surface area (Å²) in [6.07, 6.45) is 1.19. The number of benzene rings is 2. The molecule has 4 rings (SSSR count). The van der Waals surface area contributed by atoms with Crippen LogP contribution in [0.5, 0.6) is 5.75 Å². The van der Waals surface area contributed by atoms with E-state index in [-0.39, 0.29) is 37.1 Å². The molecule has 33 heavy (non-hydrogen) atoms. The number of carbonyl (C=O) groups is 2. The van der Waals surface area contributed by atoms with Gasteiger partial charge in [0.25, 0.3) is 0 Å². The molecule has 2 aromatic carbocycles. The standard InChI is InChI=1S/C24H29N5O4/c1-3-11-27-16-23(31)28-21(13-17-7-9-20(30)10-8-17)24(32)26(15-22(28)29(27)33)14-18-5-4-6-19(12-18)25-2/h3-10,12,21-22,25,30,33H,1,11,13-16H2,2H3/t21-,22-/m0/s1. The number of carbonyl (C=O) groups excluding carboxylic acids is 2. The average molecular weight is 452 g/mol. The Hall–Kier alpha value is -3.40. The first kappa shape index (κ1) is 22.8. The van der Waals surface area contributed by atoms with Crippen molar-refractivity contribution in [2.75, 3.05) is 32.0 Å². The predicted octanol–water partition coefficient (Wildman–Crippen LogP) is 1.65. The summed E-state index contributed by atoms with van der Waals surface area (Å²) in [6.45, 7) is 4.50. The van der Waals surface area contributed by atoms with Crippen molar-refractivity contribution in [3.8, 4) is 5.75 Å². The zero-order valence-corrected chi connectivity index (χ0v) is 18.6. The van der Waals surface area contributed by atoms with E-state index in [1.807, 2.05) is 31.3 Å². The van der Waals surface area contributed by atoms with Crippen LogP contribution in [0.3, 0.4) is 0 Å². The molecule has 9 nitrogen and oxygen atoms in total. The molecule has 2 saturated heterocycles. The molecule has 2 amide bonds. The fourth-order valence-electron chi connectivity index (χ4n) is 4.46. The highest BCUT2D eigenvalue weighted by Crippen LogP contribution is 2.28. The summed E-state index contributed by atoms with van der Waals surface area (Å²) >= 11 is 0. The van der Waals surface area contributed by atoms with Crippen LogP contribution in [-0.2, 0) is 22.6 Å². The maximum Gasteiger partial charge on any atom is 0.246 e. The van der Waals surface area contributed by atoms with Crippen molar-refractivity contribution in [3.05, 3.63) is 72.3 Å². The first-order valence-electron chi connectivity index (χ1n) is 10.9. The van der Waals surface area contributed by atoms with E-state index in [1.54, 1.807) is 35.2 Å². The number of hydrogen-bond acceptors (Lipinski definition) is 7. The highest BCUT2D eigenvalue weighted by atomic mass is 16.6. The summed E-state index contributed by atoms with van der Waals surface area (Å²) in [7, 11) is 1.84. The number of hydrazine groups is 1. The van der Waals surface area contributed by atoms with Crippen LogP contribution in [-0.4, -0.2) is 81.0 Å². The van der Waals surface area contributed by atoms with Crippen molar-refractivity contribution in [3.63, 3.8) is 0 Å². The van der Waals surface area contributed by atoms with Crippen molar-refractivity contribution in [2.24, 2.45) is 0 Å². The molecular weight excluding hydrogens is 422 g/mol. The van der Waals surface area contributed by atoms with Crippen LogP contribution in [0, 0.1) is 0 Å². The Morgan fingerprint density at radius 2 is 1.91 bits per heavy atom. The lowest BCUT2D eigenvalue weighted by Crippen LogP contribution is -2.74. The van der Waals surface area contributed by atoms with Gasteiger partial charge in [0.15, 0.2) is 0 Å². The summed E-state index contributed by atoms with van der Waals surface area (Å²) in [4.78, 5) is 29.9. The Bertz CT molecular complexity index is 1030. The molecule has 0 radical (unpaired) electrons. The second kappa shape index (κ2) is 9.62. The summed E-state index contributed by atoms with van der Waals surface area (Å²) in [5, 5.41) is 26.2. The van der Waals surface area contributed by atoms with Crippen LogP contribution in [0.15, 0.2) is 61.2 Å². The summed E-state index contributed by atoms with van der Waals surface area (Å²) in [5.74, 6) is -0.262. The number of rotatable bonds is 7. The minimum absolute atomic E-state index is 0.0391. The van der Waals surface area contributed by atoms with Crippen molar-refractivity contribution in [2.45, 2.75) is 25.2 Å². The molecular formula is C24H29N5O4. The number of fused-ring (bicyclic) bond motifs is 1. The van der Waals surface area contributed by atoms with Gasteiger partial charge in [-0.2, -0.15) is 0 Å². The van der Waals surface area contributed by atoms with Crippen molar-refractivity contribution in [1.82, 2.24) is 20.0 Å². The maximum atomic E-state index is 13.6. The first-order chi connectivity index (χ1) is 15.9. The highest BCUT2D eigenvalue weighted by molar-refractivity contribution is 5.90. The number of aromatic hydroxyl groups is 1. The molecule has 3 N–H and O–H groups in total. The predicted molar refractivity (Wildman–Crippen MR) is 123 cm³/mol. The van der Waals surface area contributed by atoms with Gasteiger partial charge in [0.2, 0.25) is 11.8 Å². The fourth-order valence-corrected chi connectivity index (χ4v) is 4.46. The van der Waals surface area contributed by atoms with Crippen LogP contribution in [0.4, 0.5) is 5.69 Å². The molecule has 0 spiro atoms. The Morgan fingerprint density at radius 3 is 2.61 bits per heavy atom. The molecule has 2 aliphatic rings. The molecule has 2 aliphatic heterocycles. The number of piperazine rings is 1. The third kappa shape index (κ3) is 4.70. The number of nitrogens with one attached hydrogen (secondary N) is 1. The fraction of sp³-hybridized carbons (Fsp3) is 0.333. The van der Waals surface area contributed by atoms with E-state index >= 15 is 0 Å². The van der Waals surface area contributed by atoms with Crippen molar-refractivity contribution < 1.29 is 19.9 Å². The lowest BCUT2D eigenvalue weighted by Gasteiger charge is -2.53. The topological polar surface area (TPSA) is 99.6 Å². The molecule has 0 unspecified atom stereocenters.